The van der Waals surface area contributed by atoms with Gasteiger partial charge in [0.2, 0.25) is 0 Å². The van der Waals surface area contributed by atoms with Gasteiger partial charge in [-0.25, -0.2) is 4.98 Å². The van der Waals surface area contributed by atoms with E-state index in [0.717, 1.165) is 29.8 Å². The molecule has 0 bridgehead atoms. The topological polar surface area (TPSA) is 48.1 Å². The third-order valence-corrected chi connectivity index (χ3v) is 4.44. The molecule has 0 amide bonds. The highest BCUT2D eigenvalue weighted by Gasteiger charge is 2.29. The van der Waals surface area contributed by atoms with Gasteiger partial charge in [0.1, 0.15) is 5.75 Å². The zero-order chi connectivity index (χ0) is 12.5. The fraction of sp³-hybridized carbons (Fsp3) is 0.357. The molecule has 0 unspecified atom stereocenters. The summed E-state index contributed by atoms with van der Waals surface area (Å²) in [5.41, 5.74) is 7.90. The molecular formula is C14H16N2OS. The van der Waals surface area contributed by atoms with Gasteiger partial charge in [-0.3, -0.25) is 0 Å². The molecule has 1 aromatic heterocycles. The summed E-state index contributed by atoms with van der Waals surface area (Å²) in [7, 11) is 1.69. The molecule has 2 N–H and O–H groups in total. The van der Waals surface area contributed by atoms with Gasteiger partial charge in [0.15, 0.2) is 0 Å². The first-order valence-electron chi connectivity index (χ1n) is 6.12. The number of nitrogens with zero attached hydrogens (tertiary/aromatic N) is 1. The van der Waals surface area contributed by atoms with Crippen molar-refractivity contribution in [1.82, 2.24) is 4.98 Å². The van der Waals surface area contributed by atoms with Crippen LogP contribution in [0.1, 0.15) is 23.8 Å². The summed E-state index contributed by atoms with van der Waals surface area (Å²) < 4.78 is 5.37. The molecule has 1 heterocycles. The van der Waals surface area contributed by atoms with E-state index in [4.69, 9.17) is 15.5 Å². The number of ether oxygens (including phenoxy) is 1. The molecule has 3 nitrogen and oxygen atoms in total. The zero-order valence-corrected chi connectivity index (χ0v) is 11.1. The van der Waals surface area contributed by atoms with Gasteiger partial charge in [0.25, 0.3) is 0 Å². The Morgan fingerprint density at radius 2 is 2.11 bits per heavy atom. The molecule has 18 heavy (non-hydrogen) atoms. The second-order valence-corrected chi connectivity index (χ2v) is 5.59. The van der Waals surface area contributed by atoms with Gasteiger partial charge in [-0.2, -0.15) is 0 Å². The van der Waals surface area contributed by atoms with Crippen molar-refractivity contribution in [3.05, 3.63) is 34.7 Å². The van der Waals surface area contributed by atoms with E-state index < -0.39 is 0 Å². The minimum absolute atomic E-state index is 0.369. The SMILES string of the molecule is COc1ccccc1-c1csc(C2CC(N)C2)n1. The molecule has 1 fully saturated rings. The van der Waals surface area contributed by atoms with Crippen LogP contribution in [0.15, 0.2) is 29.6 Å². The number of nitrogens with two attached hydrogens (primary N) is 1. The largest absolute Gasteiger partial charge is 0.496 e. The fourth-order valence-corrected chi connectivity index (χ4v) is 3.27. The summed E-state index contributed by atoms with van der Waals surface area (Å²) in [6.07, 6.45) is 2.14. The van der Waals surface area contributed by atoms with Gasteiger partial charge in [0, 0.05) is 22.9 Å². The van der Waals surface area contributed by atoms with Crippen LogP contribution in [0.2, 0.25) is 0 Å². The van der Waals surface area contributed by atoms with Crippen LogP contribution < -0.4 is 10.5 Å². The van der Waals surface area contributed by atoms with Crippen molar-refractivity contribution in [2.24, 2.45) is 5.73 Å². The molecule has 0 spiro atoms. The molecule has 0 atom stereocenters. The second kappa shape index (κ2) is 4.71. The first-order valence-corrected chi connectivity index (χ1v) is 7.00. The van der Waals surface area contributed by atoms with Crippen LogP contribution in [0.5, 0.6) is 5.75 Å². The van der Waals surface area contributed by atoms with E-state index in [1.807, 2.05) is 24.3 Å². The highest BCUT2D eigenvalue weighted by molar-refractivity contribution is 7.10. The van der Waals surface area contributed by atoms with Gasteiger partial charge in [-0.15, -0.1) is 11.3 Å². The van der Waals surface area contributed by atoms with Crippen LogP contribution in [0.3, 0.4) is 0 Å². The van der Waals surface area contributed by atoms with Crippen molar-refractivity contribution in [3.63, 3.8) is 0 Å². The summed E-state index contributed by atoms with van der Waals surface area (Å²) in [6, 6.07) is 8.36. The van der Waals surface area contributed by atoms with Crippen LogP contribution in [0.4, 0.5) is 0 Å². The molecule has 0 saturated heterocycles. The average molecular weight is 260 g/mol. The van der Waals surface area contributed by atoms with E-state index in [1.54, 1.807) is 18.4 Å². The maximum Gasteiger partial charge on any atom is 0.128 e. The van der Waals surface area contributed by atoms with Crippen LogP contribution in [0.25, 0.3) is 11.3 Å². The number of rotatable bonds is 3. The van der Waals surface area contributed by atoms with E-state index in [0.29, 0.717) is 12.0 Å². The van der Waals surface area contributed by atoms with Gasteiger partial charge >= 0.3 is 0 Å². The van der Waals surface area contributed by atoms with Crippen molar-refractivity contribution in [2.45, 2.75) is 24.8 Å². The second-order valence-electron chi connectivity index (χ2n) is 4.70. The Morgan fingerprint density at radius 1 is 1.33 bits per heavy atom. The quantitative estimate of drug-likeness (QED) is 0.922. The number of para-hydroxylation sites is 1. The predicted octanol–water partition coefficient (Wildman–Crippen LogP) is 3.02. The van der Waals surface area contributed by atoms with E-state index in [1.165, 1.54) is 5.01 Å². The van der Waals surface area contributed by atoms with Gasteiger partial charge in [-0.05, 0) is 25.0 Å². The normalized spacial score (nSPS) is 22.6. The molecular weight excluding hydrogens is 244 g/mol. The summed E-state index contributed by atoms with van der Waals surface area (Å²) >= 11 is 1.73. The molecule has 1 aliphatic rings. The number of hydrogen-bond acceptors (Lipinski definition) is 4. The predicted molar refractivity (Wildman–Crippen MR) is 74.1 cm³/mol. The first-order chi connectivity index (χ1) is 8.78. The molecule has 1 aliphatic carbocycles. The van der Waals surface area contributed by atoms with E-state index in [2.05, 4.69) is 5.38 Å². The summed E-state index contributed by atoms with van der Waals surface area (Å²) in [5, 5.41) is 3.31. The Balaban J connectivity index is 1.88. The first kappa shape index (κ1) is 11.7. The van der Waals surface area contributed by atoms with Crippen molar-refractivity contribution in [2.75, 3.05) is 7.11 Å². The maximum atomic E-state index is 5.83. The molecule has 1 aromatic carbocycles. The highest BCUT2D eigenvalue weighted by atomic mass is 32.1. The maximum absolute atomic E-state index is 5.83. The third kappa shape index (κ3) is 2.02. The Hall–Kier alpha value is -1.39. The monoisotopic (exact) mass is 260 g/mol. The lowest BCUT2D eigenvalue weighted by Crippen LogP contribution is -2.34. The minimum Gasteiger partial charge on any atom is -0.496 e. The molecule has 4 heteroatoms. The van der Waals surface area contributed by atoms with Crippen molar-refractivity contribution in [1.29, 1.82) is 0 Å². The lowest BCUT2D eigenvalue weighted by atomic mass is 9.81. The Bertz CT molecular complexity index is 546. The molecule has 0 aliphatic heterocycles. The van der Waals surface area contributed by atoms with E-state index in [-0.39, 0.29) is 0 Å². The molecule has 2 aromatic rings. The fourth-order valence-electron chi connectivity index (χ4n) is 2.32. The van der Waals surface area contributed by atoms with Crippen LogP contribution in [0, 0.1) is 0 Å². The van der Waals surface area contributed by atoms with Crippen LogP contribution >= 0.6 is 11.3 Å². The average Bonchev–Trinajstić information content (AvgIpc) is 2.84. The number of hydrogen-bond donors (Lipinski definition) is 1. The molecule has 3 rings (SSSR count). The highest BCUT2D eigenvalue weighted by Crippen LogP contribution is 2.39. The number of benzene rings is 1. The van der Waals surface area contributed by atoms with E-state index in [9.17, 15) is 0 Å². The van der Waals surface area contributed by atoms with Crippen molar-refractivity contribution in [3.8, 4) is 17.0 Å². The lowest BCUT2D eigenvalue weighted by molar-refractivity contribution is 0.350. The Kier molecular flexibility index (Phi) is 3.06. The smallest absolute Gasteiger partial charge is 0.128 e. The number of aromatic nitrogens is 1. The standard InChI is InChI=1S/C14H16N2OS/c1-17-13-5-3-2-4-11(13)12-8-18-14(16-12)9-6-10(15)7-9/h2-5,8-10H,6-7,15H2,1H3. The van der Waals surface area contributed by atoms with Crippen LogP contribution in [-0.4, -0.2) is 18.1 Å². The Labute approximate surface area is 111 Å². The third-order valence-electron chi connectivity index (χ3n) is 3.43. The number of methoxy groups -OCH3 is 1. The van der Waals surface area contributed by atoms with Crippen LogP contribution in [-0.2, 0) is 0 Å². The minimum atomic E-state index is 0.369. The van der Waals surface area contributed by atoms with E-state index >= 15 is 0 Å². The van der Waals surface area contributed by atoms with Crippen molar-refractivity contribution >= 4 is 11.3 Å². The lowest BCUT2D eigenvalue weighted by Gasteiger charge is -2.30. The summed E-state index contributed by atoms with van der Waals surface area (Å²) in [4.78, 5) is 4.73. The zero-order valence-electron chi connectivity index (χ0n) is 10.3. The van der Waals surface area contributed by atoms with Crippen molar-refractivity contribution < 1.29 is 4.74 Å². The molecule has 94 valence electrons. The van der Waals surface area contributed by atoms with Gasteiger partial charge in [0.05, 0.1) is 17.8 Å². The molecule has 0 radical (unpaired) electrons. The summed E-state index contributed by atoms with van der Waals surface area (Å²) in [6.45, 7) is 0. The summed E-state index contributed by atoms with van der Waals surface area (Å²) in [5.74, 6) is 1.44. The Morgan fingerprint density at radius 3 is 2.83 bits per heavy atom. The number of thiazole rings is 1. The van der Waals surface area contributed by atoms with Gasteiger partial charge < -0.3 is 10.5 Å². The van der Waals surface area contributed by atoms with Gasteiger partial charge in [-0.1, -0.05) is 12.1 Å². The molecule has 1 saturated carbocycles.